The van der Waals surface area contributed by atoms with E-state index in [0.717, 1.165) is 12.1 Å². The SMILES string of the molecule is CNC(c1ccc2c(c1)CCC(=O)N2)C(C)(C)C. The van der Waals surface area contributed by atoms with E-state index in [1.165, 1.54) is 11.1 Å². The number of benzene rings is 1. The molecule has 0 aliphatic carbocycles. The van der Waals surface area contributed by atoms with Crippen LogP contribution in [-0.2, 0) is 11.2 Å². The highest BCUT2D eigenvalue weighted by atomic mass is 16.1. The van der Waals surface area contributed by atoms with Gasteiger partial charge in [-0.15, -0.1) is 0 Å². The second-order valence-corrected chi connectivity index (χ2v) is 6.05. The lowest BCUT2D eigenvalue weighted by Crippen LogP contribution is -2.30. The standard InChI is InChI=1S/C15H22N2O/c1-15(2,3)14(16-4)11-5-7-12-10(9-11)6-8-13(18)17-12/h5,7,9,14,16H,6,8H2,1-4H3,(H,17,18). The summed E-state index contributed by atoms with van der Waals surface area (Å²) in [7, 11) is 2.00. The molecule has 98 valence electrons. The van der Waals surface area contributed by atoms with Crippen LogP contribution in [-0.4, -0.2) is 13.0 Å². The Hall–Kier alpha value is -1.35. The summed E-state index contributed by atoms with van der Waals surface area (Å²) in [5, 5.41) is 6.31. The molecule has 0 bridgehead atoms. The number of hydrogen-bond donors (Lipinski definition) is 2. The Balaban J connectivity index is 2.34. The Morgan fingerprint density at radius 3 is 2.61 bits per heavy atom. The lowest BCUT2D eigenvalue weighted by Gasteiger charge is -2.31. The number of hydrogen-bond acceptors (Lipinski definition) is 2. The number of amides is 1. The third-order valence-corrected chi connectivity index (χ3v) is 3.51. The highest BCUT2D eigenvalue weighted by Crippen LogP contribution is 2.34. The van der Waals surface area contributed by atoms with E-state index in [-0.39, 0.29) is 11.3 Å². The number of carbonyl (C=O) groups excluding carboxylic acids is 1. The molecule has 1 amide bonds. The molecule has 0 radical (unpaired) electrons. The van der Waals surface area contributed by atoms with Gasteiger partial charge in [0.15, 0.2) is 0 Å². The molecule has 18 heavy (non-hydrogen) atoms. The van der Waals surface area contributed by atoms with Crippen LogP contribution in [0.3, 0.4) is 0 Å². The van der Waals surface area contributed by atoms with Gasteiger partial charge in [0.05, 0.1) is 0 Å². The summed E-state index contributed by atoms with van der Waals surface area (Å²) >= 11 is 0. The van der Waals surface area contributed by atoms with E-state index < -0.39 is 0 Å². The fourth-order valence-corrected chi connectivity index (χ4v) is 2.68. The van der Waals surface area contributed by atoms with Crippen LogP contribution in [0, 0.1) is 5.41 Å². The van der Waals surface area contributed by atoms with Crippen LogP contribution < -0.4 is 10.6 Å². The summed E-state index contributed by atoms with van der Waals surface area (Å²) in [6.07, 6.45) is 1.44. The van der Waals surface area contributed by atoms with Crippen LogP contribution in [0.1, 0.15) is 44.4 Å². The number of fused-ring (bicyclic) bond motifs is 1. The minimum absolute atomic E-state index is 0.122. The van der Waals surface area contributed by atoms with Gasteiger partial charge < -0.3 is 10.6 Å². The van der Waals surface area contributed by atoms with Crippen molar-refractivity contribution < 1.29 is 4.79 Å². The molecule has 1 heterocycles. The van der Waals surface area contributed by atoms with E-state index in [2.05, 4.69) is 43.5 Å². The molecule has 3 heteroatoms. The van der Waals surface area contributed by atoms with Crippen LogP contribution in [0.25, 0.3) is 0 Å². The predicted octanol–water partition coefficient (Wildman–Crippen LogP) is 2.88. The van der Waals surface area contributed by atoms with Crippen LogP contribution in [0.4, 0.5) is 5.69 Å². The Kier molecular flexibility index (Phi) is 3.44. The summed E-state index contributed by atoms with van der Waals surface area (Å²) in [4.78, 5) is 11.3. The smallest absolute Gasteiger partial charge is 0.224 e. The van der Waals surface area contributed by atoms with Crippen molar-refractivity contribution in [3.8, 4) is 0 Å². The fraction of sp³-hybridized carbons (Fsp3) is 0.533. The van der Waals surface area contributed by atoms with E-state index in [1.807, 2.05) is 13.1 Å². The molecule has 1 atom stereocenters. The van der Waals surface area contributed by atoms with Crippen LogP contribution in [0.2, 0.25) is 0 Å². The highest BCUT2D eigenvalue weighted by molar-refractivity contribution is 5.93. The van der Waals surface area contributed by atoms with Crippen LogP contribution in [0.5, 0.6) is 0 Å². The summed E-state index contributed by atoms with van der Waals surface area (Å²) < 4.78 is 0. The molecule has 1 unspecified atom stereocenters. The average molecular weight is 246 g/mol. The van der Waals surface area contributed by atoms with Crippen molar-refractivity contribution >= 4 is 11.6 Å². The maximum absolute atomic E-state index is 11.3. The van der Waals surface area contributed by atoms with Crippen LogP contribution >= 0.6 is 0 Å². The molecular weight excluding hydrogens is 224 g/mol. The summed E-state index contributed by atoms with van der Waals surface area (Å²) in [5.74, 6) is 0.122. The lowest BCUT2D eigenvalue weighted by molar-refractivity contribution is -0.116. The Morgan fingerprint density at radius 1 is 1.28 bits per heavy atom. The van der Waals surface area contributed by atoms with E-state index in [1.54, 1.807) is 0 Å². The first-order valence-corrected chi connectivity index (χ1v) is 6.52. The van der Waals surface area contributed by atoms with Crippen molar-refractivity contribution in [1.29, 1.82) is 0 Å². The molecule has 0 saturated heterocycles. The third-order valence-electron chi connectivity index (χ3n) is 3.51. The summed E-state index contributed by atoms with van der Waals surface area (Å²) in [5.41, 5.74) is 3.68. The summed E-state index contributed by atoms with van der Waals surface area (Å²) in [6, 6.07) is 6.68. The fourth-order valence-electron chi connectivity index (χ4n) is 2.68. The lowest BCUT2D eigenvalue weighted by atomic mass is 9.81. The number of aryl methyl sites for hydroxylation is 1. The van der Waals surface area contributed by atoms with Crippen LogP contribution in [0.15, 0.2) is 18.2 Å². The van der Waals surface area contributed by atoms with Gasteiger partial charge in [0, 0.05) is 18.2 Å². The topological polar surface area (TPSA) is 41.1 Å². The number of rotatable bonds is 2. The molecule has 1 aromatic rings. The quantitative estimate of drug-likeness (QED) is 0.842. The molecule has 3 nitrogen and oxygen atoms in total. The maximum Gasteiger partial charge on any atom is 0.224 e. The second-order valence-electron chi connectivity index (χ2n) is 6.05. The Morgan fingerprint density at radius 2 is 2.00 bits per heavy atom. The minimum atomic E-state index is 0.122. The van der Waals surface area contributed by atoms with Gasteiger partial charge in [0.25, 0.3) is 0 Å². The molecular formula is C15H22N2O. The predicted molar refractivity (Wildman–Crippen MR) is 74.6 cm³/mol. The molecule has 1 aromatic carbocycles. The van der Waals surface area contributed by atoms with Crippen molar-refractivity contribution in [2.75, 3.05) is 12.4 Å². The highest BCUT2D eigenvalue weighted by Gasteiger charge is 2.25. The largest absolute Gasteiger partial charge is 0.326 e. The van der Waals surface area contributed by atoms with E-state index in [0.29, 0.717) is 12.5 Å². The molecule has 2 N–H and O–H groups in total. The van der Waals surface area contributed by atoms with Gasteiger partial charge in [0.1, 0.15) is 0 Å². The molecule has 1 aliphatic heterocycles. The molecule has 0 saturated carbocycles. The minimum Gasteiger partial charge on any atom is -0.326 e. The molecule has 1 aliphatic rings. The van der Waals surface area contributed by atoms with Gasteiger partial charge in [-0.3, -0.25) is 4.79 Å². The zero-order valence-corrected chi connectivity index (χ0v) is 11.6. The first-order valence-electron chi connectivity index (χ1n) is 6.52. The van der Waals surface area contributed by atoms with Gasteiger partial charge in [-0.1, -0.05) is 32.9 Å². The van der Waals surface area contributed by atoms with Gasteiger partial charge in [-0.25, -0.2) is 0 Å². The van der Waals surface area contributed by atoms with E-state index >= 15 is 0 Å². The van der Waals surface area contributed by atoms with Crippen molar-refractivity contribution in [3.05, 3.63) is 29.3 Å². The Bertz CT molecular complexity index is 460. The van der Waals surface area contributed by atoms with Crippen molar-refractivity contribution in [2.24, 2.45) is 5.41 Å². The zero-order valence-electron chi connectivity index (χ0n) is 11.6. The molecule has 2 rings (SSSR count). The van der Waals surface area contributed by atoms with E-state index in [4.69, 9.17) is 0 Å². The Labute approximate surface area is 109 Å². The van der Waals surface area contributed by atoms with Crippen molar-refractivity contribution in [3.63, 3.8) is 0 Å². The van der Waals surface area contributed by atoms with Gasteiger partial charge in [0.2, 0.25) is 5.91 Å². The normalized spacial score (nSPS) is 17.0. The average Bonchev–Trinajstić information content (AvgIpc) is 2.28. The van der Waals surface area contributed by atoms with Gasteiger partial charge >= 0.3 is 0 Å². The van der Waals surface area contributed by atoms with Crippen molar-refractivity contribution in [1.82, 2.24) is 5.32 Å². The molecule has 0 spiro atoms. The van der Waals surface area contributed by atoms with Gasteiger partial charge in [-0.05, 0) is 36.1 Å². The first-order chi connectivity index (χ1) is 8.41. The first kappa shape index (κ1) is 13.1. The second kappa shape index (κ2) is 4.73. The van der Waals surface area contributed by atoms with Crippen molar-refractivity contribution in [2.45, 2.75) is 39.7 Å². The van der Waals surface area contributed by atoms with E-state index in [9.17, 15) is 4.79 Å². The third kappa shape index (κ3) is 2.56. The zero-order chi connectivity index (χ0) is 13.3. The monoisotopic (exact) mass is 246 g/mol. The molecule has 0 aromatic heterocycles. The number of anilines is 1. The number of nitrogens with one attached hydrogen (secondary N) is 2. The number of carbonyl (C=O) groups is 1. The summed E-state index contributed by atoms with van der Waals surface area (Å²) in [6.45, 7) is 6.69. The maximum atomic E-state index is 11.3. The van der Waals surface area contributed by atoms with Gasteiger partial charge in [-0.2, -0.15) is 0 Å². The molecule has 0 fully saturated rings.